The maximum absolute atomic E-state index is 5.69. The minimum absolute atomic E-state index is 0.137. The Kier molecular flexibility index (Phi) is 7.65. The van der Waals surface area contributed by atoms with Crippen molar-refractivity contribution in [3.63, 3.8) is 0 Å². The van der Waals surface area contributed by atoms with Gasteiger partial charge >= 0.3 is 0 Å². The first kappa shape index (κ1) is 17.0. The first-order valence-electron chi connectivity index (χ1n) is 6.66. The molecule has 0 aliphatic heterocycles. The van der Waals surface area contributed by atoms with Crippen LogP contribution >= 0.6 is 15.9 Å². The summed E-state index contributed by atoms with van der Waals surface area (Å²) in [6.07, 6.45) is 1.93. The number of rotatable bonds is 8. The van der Waals surface area contributed by atoms with Gasteiger partial charge in [0.05, 0.1) is 6.04 Å². The fourth-order valence-electron chi connectivity index (χ4n) is 1.79. The molecule has 0 heterocycles. The molecule has 1 rings (SSSR count). The van der Waals surface area contributed by atoms with Gasteiger partial charge in [-0.1, -0.05) is 28.1 Å². The van der Waals surface area contributed by atoms with Crippen LogP contribution in [0.3, 0.4) is 0 Å². The summed E-state index contributed by atoms with van der Waals surface area (Å²) in [5.74, 6) is 0.902. The van der Waals surface area contributed by atoms with Crippen LogP contribution < -0.4 is 15.4 Å². The van der Waals surface area contributed by atoms with E-state index in [-0.39, 0.29) is 6.04 Å². The predicted molar refractivity (Wildman–Crippen MR) is 88.4 cm³/mol. The van der Waals surface area contributed by atoms with Crippen molar-refractivity contribution >= 4 is 15.9 Å². The van der Waals surface area contributed by atoms with Crippen LogP contribution in [0.1, 0.15) is 11.6 Å². The second-order valence-corrected chi connectivity index (χ2v) is 5.68. The van der Waals surface area contributed by atoms with E-state index in [9.17, 15) is 0 Å². The second-order valence-electron chi connectivity index (χ2n) is 4.76. The minimum atomic E-state index is 0.137. The van der Waals surface area contributed by atoms with Crippen LogP contribution in [0.15, 0.2) is 34.9 Å². The Hall–Kier alpha value is -1.04. The zero-order valence-electron chi connectivity index (χ0n) is 12.6. The monoisotopic (exact) mass is 341 g/mol. The van der Waals surface area contributed by atoms with E-state index in [4.69, 9.17) is 4.74 Å². The van der Waals surface area contributed by atoms with Crippen LogP contribution in [-0.2, 0) is 0 Å². The summed E-state index contributed by atoms with van der Waals surface area (Å²) in [6, 6.07) is 8.32. The van der Waals surface area contributed by atoms with E-state index in [1.165, 1.54) is 5.56 Å². The molecule has 0 aliphatic rings. The van der Waals surface area contributed by atoms with Crippen LogP contribution in [0, 0.1) is 0 Å². The van der Waals surface area contributed by atoms with E-state index in [0.717, 1.165) is 16.8 Å². The number of nitrogens with zero attached hydrogens (tertiary/aromatic N) is 1. The molecule has 112 valence electrons. The highest BCUT2D eigenvalue weighted by Crippen LogP contribution is 2.26. The zero-order valence-corrected chi connectivity index (χ0v) is 14.2. The molecule has 20 heavy (non-hydrogen) atoms. The van der Waals surface area contributed by atoms with Gasteiger partial charge in [0.1, 0.15) is 12.4 Å². The van der Waals surface area contributed by atoms with Crippen LogP contribution in [0.4, 0.5) is 0 Å². The van der Waals surface area contributed by atoms with Crippen molar-refractivity contribution in [2.24, 2.45) is 0 Å². The van der Waals surface area contributed by atoms with E-state index in [1.807, 2.05) is 46.5 Å². The maximum atomic E-state index is 5.69. The maximum Gasteiger partial charge on any atom is 0.119 e. The lowest BCUT2D eigenvalue weighted by molar-refractivity contribution is 0.261. The topological polar surface area (TPSA) is 36.5 Å². The van der Waals surface area contributed by atoms with Gasteiger partial charge in [0.15, 0.2) is 0 Å². The van der Waals surface area contributed by atoms with Gasteiger partial charge in [-0.15, -0.1) is 0 Å². The third-order valence-electron chi connectivity index (χ3n) is 2.87. The number of hydrogen-bond donors (Lipinski definition) is 2. The summed E-state index contributed by atoms with van der Waals surface area (Å²) in [7, 11) is 7.90. The molecule has 4 nitrogen and oxygen atoms in total. The Labute approximate surface area is 130 Å². The molecule has 0 saturated heterocycles. The van der Waals surface area contributed by atoms with E-state index < -0.39 is 0 Å². The highest BCUT2D eigenvalue weighted by molar-refractivity contribution is 9.11. The second kappa shape index (κ2) is 9.00. The summed E-state index contributed by atoms with van der Waals surface area (Å²) < 4.78 is 6.75. The number of ether oxygens (including phenoxy) is 1. The summed E-state index contributed by atoms with van der Waals surface area (Å²) in [5, 5.41) is 6.30. The fourth-order valence-corrected chi connectivity index (χ4v) is 2.51. The summed E-state index contributed by atoms with van der Waals surface area (Å²) in [4.78, 5) is 2.10. The molecular weight excluding hydrogens is 318 g/mol. The average Bonchev–Trinajstić information content (AvgIpc) is 2.41. The average molecular weight is 342 g/mol. The fraction of sp³-hybridized carbons (Fsp3) is 0.467. The molecule has 0 bridgehead atoms. The molecule has 5 heteroatoms. The van der Waals surface area contributed by atoms with Crippen molar-refractivity contribution in [3.05, 3.63) is 40.5 Å². The van der Waals surface area contributed by atoms with Crippen molar-refractivity contribution < 1.29 is 4.74 Å². The molecule has 0 fully saturated rings. The minimum Gasteiger partial charge on any atom is -0.492 e. The number of hydrogen-bond acceptors (Lipinski definition) is 4. The van der Waals surface area contributed by atoms with Crippen molar-refractivity contribution in [1.29, 1.82) is 0 Å². The number of likely N-dealkylation sites (N-methyl/N-ethyl adjacent to an activating group) is 2. The smallest absolute Gasteiger partial charge is 0.119 e. The molecule has 0 radical (unpaired) electrons. The molecular formula is C15H24BrN3O. The van der Waals surface area contributed by atoms with Gasteiger partial charge in [0, 0.05) is 24.3 Å². The zero-order chi connectivity index (χ0) is 15.0. The van der Waals surface area contributed by atoms with Gasteiger partial charge in [0.2, 0.25) is 0 Å². The molecule has 1 aromatic rings. The van der Waals surface area contributed by atoms with Crippen molar-refractivity contribution in [2.45, 2.75) is 6.04 Å². The first-order chi connectivity index (χ1) is 9.58. The quantitative estimate of drug-likeness (QED) is 0.760. The van der Waals surface area contributed by atoms with Crippen molar-refractivity contribution in [2.75, 3.05) is 41.3 Å². The van der Waals surface area contributed by atoms with E-state index in [0.29, 0.717) is 6.61 Å². The van der Waals surface area contributed by atoms with Crippen molar-refractivity contribution in [1.82, 2.24) is 15.5 Å². The SMILES string of the molecule is CN/C=C(/Br)C(NC)c1ccc(OCCN(C)C)cc1. The van der Waals surface area contributed by atoms with Crippen LogP contribution in [-0.4, -0.2) is 46.2 Å². The van der Waals surface area contributed by atoms with Gasteiger partial charge < -0.3 is 20.3 Å². The molecule has 0 amide bonds. The molecule has 2 N–H and O–H groups in total. The summed E-state index contributed by atoms with van der Waals surface area (Å²) in [5.41, 5.74) is 1.19. The highest BCUT2D eigenvalue weighted by atomic mass is 79.9. The Bertz CT molecular complexity index is 418. The Morgan fingerprint density at radius 1 is 1.30 bits per heavy atom. The van der Waals surface area contributed by atoms with E-state index in [1.54, 1.807) is 0 Å². The van der Waals surface area contributed by atoms with Gasteiger partial charge in [-0.05, 0) is 38.8 Å². The Morgan fingerprint density at radius 3 is 2.45 bits per heavy atom. The highest BCUT2D eigenvalue weighted by Gasteiger charge is 2.12. The molecule has 0 spiro atoms. The van der Waals surface area contributed by atoms with Crippen LogP contribution in [0.25, 0.3) is 0 Å². The lowest BCUT2D eigenvalue weighted by atomic mass is 10.1. The summed E-state index contributed by atoms with van der Waals surface area (Å²) >= 11 is 3.58. The normalized spacial score (nSPS) is 13.4. The number of nitrogens with one attached hydrogen (secondary N) is 2. The summed E-state index contributed by atoms with van der Waals surface area (Å²) in [6.45, 7) is 1.61. The standard InChI is InChI=1S/C15H24BrN3O/c1-17-11-14(16)15(18-2)12-5-7-13(8-6-12)20-10-9-19(3)4/h5-8,11,15,17-18H,9-10H2,1-4H3/b14-11+. The largest absolute Gasteiger partial charge is 0.492 e. The van der Waals surface area contributed by atoms with E-state index in [2.05, 4.69) is 43.6 Å². The van der Waals surface area contributed by atoms with Gasteiger partial charge in [-0.3, -0.25) is 0 Å². The molecule has 0 aromatic heterocycles. The molecule has 0 aliphatic carbocycles. The van der Waals surface area contributed by atoms with Gasteiger partial charge in [-0.25, -0.2) is 0 Å². The van der Waals surface area contributed by atoms with Crippen LogP contribution in [0.5, 0.6) is 5.75 Å². The molecule has 1 unspecified atom stereocenters. The number of halogens is 1. The predicted octanol–water partition coefficient (Wildman–Crippen LogP) is 2.34. The van der Waals surface area contributed by atoms with Gasteiger partial charge in [-0.2, -0.15) is 0 Å². The Morgan fingerprint density at radius 2 is 1.95 bits per heavy atom. The Balaban J connectivity index is 2.67. The third-order valence-corrected chi connectivity index (χ3v) is 3.55. The van der Waals surface area contributed by atoms with Crippen LogP contribution in [0.2, 0.25) is 0 Å². The van der Waals surface area contributed by atoms with Gasteiger partial charge in [0.25, 0.3) is 0 Å². The molecule has 1 atom stereocenters. The third kappa shape index (κ3) is 5.53. The van der Waals surface area contributed by atoms with E-state index >= 15 is 0 Å². The van der Waals surface area contributed by atoms with Crippen molar-refractivity contribution in [3.8, 4) is 5.75 Å². The molecule has 1 aromatic carbocycles. The number of benzene rings is 1. The first-order valence-corrected chi connectivity index (χ1v) is 7.45. The lowest BCUT2D eigenvalue weighted by Crippen LogP contribution is -2.19. The molecule has 0 saturated carbocycles. The lowest BCUT2D eigenvalue weighted by Gasteiger charge is -2.17.